The highest BCUT2D eigenvalue weighted by Crippen LogP contribution is 2.26. The molecular weight excluding hydrogens is 218 g/mol. The summed E-state index contributed by atoms with van der Waals surface area (Å²) in [6.45, 7) is 6.41. The summed E-state index contributed by atoms with van der Waals surface area (Å²) in [6.07, 6.45) is 2.68. The first kappa shape index (κ1) is 14.0. The third-order valence-corrected chi connectivity index (χ3v) is 2.80. The second-order valence-electron chi connectivity index (χ2n) is 3.74. The lowest BCUT2D eigenvalue weighted by molar-refractivity contribution is 0.136. The highest BCUT2D eigenvalue weighted by atomic mass is 16.5. The summed E-state index contributed by atoms with van der Waals surface area (Å²) in [7, 11) is 3.62. The lowest BCUT2D eigenvalue weighted by Crippen LogP contribution is -2.22. The zero-order chi connectivity index (χ0) is 12.7. The predicted octanol–water partition coefficient (Wildman–Crippen LogP) is 1.60. The zero-order valence-corrected chi connectivity index (χ0v) is 11.2. The number of hydrogen-bond donors (Lipinski definition) is 1. The van der Waals surface area contributed by atoms with Crippen LogP contribution >= 0.6 is 0 Å². The Balaban J connectivity index is 2.81. The average Bonchev–Trinajstić information content (AvgIpc) is 2.77. The molecule has 0 saturated carbocycles. The molecule has 98 valence electrons. The Morgan fingerprint density at radius 1 is 1.47 bits per heavy atom. The lowest BCUT2D eigenvalue weighted by Gasteiger charge is -2.18. The van der Waals surface area contributed by atoms with Gasteiger partial charge in [-0.3, -0.25) is 4.68 Å². The van der Waals surface area contributed by atoms with Crippen molar-refractivity contribution in [3.8, 4) is 5.75 Å². The van der Waals surface area contributed by atoms with Crippen molar-refractivity contribution in [2.75, 3.05) is 27.4 Å². The molecule has 5 heteroatoms. The van der Waals surface area contributed by atoms with Crippen molar-refractivity contribution in [3.63, 3.8) is 0 Å². The summed E-state index contributed by atoms with van der Waals surface area (Å²) in [5.74, 6) is 0.836. The van der Waals surface area contributed by atoms with Gasteiger partial charge in [-0.2, -0.15) is 5.10 Å². The van der Waals surface area contributed by atoms with Crippen molar-refractivity contribution < 1.29 is 9.47 Å². The van der Waals surface area contributed by atoms with Gasteiger partial charge in [0.05, 0.1) is 25.0 Å². The van der Waals surface area contributed by atoms with E-state index in [-0.39, 0.29) is 6.04 Å². The van der Waals surface area contributed by atoms with E-state index in [0.29, 0.717) is 0 Å². The van der Waals surface area contributed by atoms with Crippen molar-refractivity contribution >= 4 is 0 Å². The number of methoxy groups -OCH3 is 1. The van der Waals surface area contributed by atoms with Crippen LogP contribution in [0.2, 0.25) is 0 Å². The summed E-state index contributed by atoms with van der Waals surface area (Å²) in [5.41, 5.74) is 1.09. The van der Waals surface area contributed by atoms with E-state index in [9.17, 15) is 0 Å². The van der Waals surface area contributed by atoms with Gasteiger partial charge in [0.25, 0.3) is 0 Å². The van der Waals surface area contributed by atoms with Crippen LogP contribution in [-0.2, 0) is 11.3 Å². The lowest BCUT2D eigenvalue weighted by atomic mass is 10.1. The van der Waals surface area contributed by atoms with Gasteiger partial charge in [-0.15, -0.1) is 0 Å². The molecule has 0 aliphatic rings. The average molecular weight is 241 g/mol. The molecule has 0 bridgehead atoms. The first-order valence-electron chi connectivity index (χ1n) is 6.13. The summed E-state index contributed by atoms with van der Waals surface area (Å²) in [4.78, 5) is 0. The quantitative estimate of drug-likeness (QED) is 0.702. The molecule has 1 aromatic heterocycles. The molecule has 1 atom stereocenters. The van der Waals surface area contributed by atoms with Crippen molar-refractivity contribution in [3.05, 3.63) is 11.9 Å². The molecular formula is C12H23N3O2. The van der Waals surface area contributed by atoms with Gasteiger partial charge in [0.2, 0.25) is 0 Å². The largest absolute Gasteiger partial charge is 0.493 e. The van der Waals surface area contributed by atoms with E-state index < -0.39 is 0 Å². The molecule has 1 rings (SSSR count). The number of aromatic nitrogens is 2. The maximum absolute atomic E-state index is 5.40. The molecule has 5 nitrogen and oxygen atoms in total. The van der Waals surface area contributed by atoms with Crippen molar-refractivity contribution in [1.29, 1.82) is 0 Å². The maximum Gasteiger partial charge on any atom is 0.161 e. The summed E-state index contributed by atoms with van der Waals surface area (Å²) in [6, 6.07) is 0.207. The summed E-state index contributed by atoms with van der Waals surface area (Å²) in [5, 5.41) is 7.61. The molecule has 1 N–H and O–H groups in total. The van der Waals surface area contributed by atoms with Crippen LogP contribution in [0.25, 0.3) is 0 Å². The van der Waals surface area contributed by atoms with E-state index in [4.69, 9.17) is 9.47 Å². The Morgan fingerprint density at radius 2 is 2.24 bits per heavy atom. The fourth-order valence-electron chi connectivity index (χ4n) is 1.90. The molecule has 0 aromatic carbocycles. The second-order valence-corrected chi connectivity index (χ2v) is 3.74. The van der Waals surface area contributed by atoms with E-state index in [2.05, 4.69) is 17.3 Å². The standard InChI is InChI=1S/C12H23N3O2/c1-5-15-12(11(16-4)9-14-15)10(13-3)7-8-17-6-2/h9-10,13H,5-8H2,1-4H3. The molecule has 1 aromatic rings. The monoisotopic (exact) mass is 241 g/mol. The summed E-state index contributed by atoms with van der Waals surface area (Å²) >= 11 is 0. The Bertz CT molecular complexity index is 304. The Hall–Kier alpha value is -1.07. The number of nitrogens with one attached hydrogen (secondary N) is 1. The van der Waals surface area contributed by atoms with E-state index in [1.807, 2.05) is 18.7 Å². The van der Waals surface area contributed by atoms with Crippen LogP contribution in [0.15, 0.2) is 6.20 Å². The van der Waals surface area contributed by atoms with Crippen LogP contribution in [0.1, 0.15) is 32.0 Å². The molecule has 0 spiro atoms. The number of ether oxygens (including phenoxy) is 2. The van der Waals surface area contributed by atoms with Gasteiger partial charge < -0.3 is 14.8 Å². The van der Waals surface area contributed by atoms with Gasteiger partial charge >= 0.3 is 0 Å². The predicted molar refractivity (Wildman–Crippen MR) is 67.4 cm³/mol. The smallest absolute Gasteiger partial charge is 0.161 e. The van der Waals surface area contributed by atoms with Gasteiger partial charge in [0.15, 0.2) is 5.75 Å². The molecule has 0 fully saturated rings. The SMILES string of the molecule is CCOCCC(NC)c1c(OC)cnn1CC. The first-order valence-corrected chi connectivity index (χ1v) is 6.13. The molecule has 0 saturated heterocycles. The minimum atomic E-state index is 0.207. The third kappa shape index (κ3) is 3.44. The van der Waals surface area contributed by atoms with Crippen LogP contribution in [0.3, 0.4) is 0 Å². The van der Waals surface area contributed by atoms with Crippen LogP contribution in [0.5, 0.6) is 5.75 Å². The van der Waals surface area contributed by atoms with Crippen molar-refractivity contribution in [2.24, 2.45) is 0 Å². The molecule has 0 radical (unpaired) electrons. The van der Waals surface area contributed by atoms with Crippen LogP contribution in [-0.4, -0.2) is 37.2 Å². The Morgan fingerprint density at radius 3 is 2.76 bits per heavy atom. The van der Waals surface area contributed by atoms with Crippen LogP contribution in [0.4, 0.5) is 0 Å². The van der Waals surface area contributed by atoms with Crippen molar-refractivity contribution in [1.82, 2.24) is 15.1 Å². The topological polar surface area (TPSA) is 48.3 Å². The Labute approximate surface area is 103 Å². The number of rotatable bonds is 8. The minimum Gasteiger partial charge on any atom is -0.493 e. The Kier molecular flexibility index (Phi) is 6.00. The summed E-state index contributed by atoms with van der Waals surface area (Å²) < 4.78 is 12.7. The van der Waals surface area contributed by atoms with Crippen molar-refractivity contribution in [2.45, 2.75) is 32.9 Å². The fourth-order valence-corrected chi connectivity index (χ4v) is 1.90. The van der Waals surface area contributed by atoms with E-state index in [1.54, 1.807) is 13.3 Å². The van der Waals surface area contributed by atoms with Gasteiger partial charge in [0, 0.05) is 19.8 Å². The molecule has 1 unspecified atom stereocenters. The van der Waals surface area contributed by atoms with Gasteiger partial charge in [-0.25, -0.2) is 0 Å². The highest BCUT2D eigenvalue weighted by molar-refractivity contribution is 5.28. The van der Waals surface area contributed by atoms with Gasteiger partial charge in [0.1, 0.15) is 0 Å². The highest BCUT2D eigenvalue weighted by Gasteiger charge is 2.19. The molecule has 0 amide bonds. The van der Waals surface area contributed by atoms with E-state index in [0.717, 1.165) is 37.6 Å². The maximum atomic E-state index is 5.40. The number of nitrogens with zero attached hydrogens (tertiary/aromatic N) is 2. The van der Waals surface area contributed by atoms with Crippen LogP contribution in [0, 0.1) is 0 Å². The van der Waals surface area contributed by atoms with E-state index >= 15 is 0 Å². The zero-order valence-electron chi connectivity index (χ0n) is 11.2. The normalized spacial score (nSPS) is 12.7. The molecule has 0 aliphatic heterocycles. The van der Waals surface area contributed by atoms with Gasteiger partial charge in [-0.1, -0.05) is 0 Å². The van der Waals surface area contributed by atoms with Gasteiger partial charge in [-0.05, 0) is 27.3 Å². The number of aryl methyl sites for hydroxylation is 1. The minimum absolute atomic E-state index is 0.207. The molecule has 0 aliphatic carbocycles. The van der Waals surface area contributed by atoms with Crippen LogP contribution < -0.4 is 10.1 Å². The second kappa shape index (κ2) is 7.29. The van der Waals surface area contributed by atoms with E-state index in [1.165, 1.54) is 0 Å². The molecule has 1 heterocycles. The fraction of sp³-hybridized carbons (Fsp3) is 0.750. The third-order valence-electron chi connectivity index (χ3n) is 2.80. The first-order chi connectivity index (χ1) is 8.28. The number of hydrogen-bond acceptors (Lipinski definition) is 4. The molecule has 17 heavy (non-hydrogen) atoms.